The van der Waals surface area contributed by atoms with Gasteiger partial charge < -0.3 is 24.6 Å². The molecule has 1 aliphatic rings. The first-order chi connectivity index (χ1) is 15.0. The first-order valence-electron chi connectivity index (χ1n) is 11.2. The van der Waals surface area contributed by atoms with Crippen LogP contribution in [0, 0.1) is 5.92 Å². The molecule has 8 heteroatoms. The van der Waals surface area contributed by atoms with Gasteiger partial charge in [-0.05, 0) is 46.1 Å². The quantitative estimate of drug-likeness (QED) is 0.692. The lowest BCUT2D eigenvalue weighted by molar-refractivity contribution is -0.131. The van der Waals surface area contributed by atoms with E-state index < -0.39 is 5.60 Å². The topological polar surface area (TPSA) is 88.2 Å². The second-order valence-electron chi connectivity index (χ2n) is 9.33. The summed E-state index contributed by atoms with van der Waals surface area (Å²) in [5, 5.41) is 3.14. The van der Waals surface area contributed by atoms with Crippen LogP contribution in [0.5, 0.6) is 5.75 Å². The lowest BCUT2D eigenvalue weighted by atomic mass is 9.94. The zero-order valence-corrected chi connectivity index (χ0v) is 20.1. The molecule has 3 amide bonds. The summed E-state index contributed by atoms with van der Waals surface area (Å²) in [5.74, 6) is 0.272. The molecule has 1 unspecified atom stereocenters. The number of likely N-dealkylation sites (N-methyl/N-ethyl adjacent to an activating group) is 1. The fourth-order valence-electron chi connectivity index (χ4n) is 3.51. The molecule has 1 saturated heterocycles. The van der Waals surface area contributed by atoms with Crippen molar-refractivity contribution in [3.05, 3.63) is 29.8 Å². The molecule has 178 valence electrons. The number of nitrogens with zero attached hydrogens (tertiary/aromatic N) is 2. The first-order valence-corrected chi connectivity index (χ1v) is 11.2. The average Bonchev–Trinajstić information content (AvgIpc) is 2.74. The summed E-state index contributed by atoms with van der Waals surface area (Å²) in [6.45, 7) is 8.46. The lowest BCUT2D eigenvalue weighted by Crippen LogP contribution is -2.45. The van der Waals surface area contributed by atoms with Crippen LogP contribution in [0.2, 0.25) is 0 Å². The number of likely N-dealkylation sites (tertiary alicyclic amines) is 1. The van der Waals surface area contributed by atoms with Crippen LogP contribution in [-0.2, 0) is 14.3 Å². The number of carbonyl (C=O) groups excluding carboxylic acids is 3. The molecule has 1 aromatic carbocycles. The molecule has 2 rings (SSSR count). The van der Waals surface area contributed by atoms with Gasteiger partial charge in [0.05, 0.1) is 6.04 Å². The molecule has 0 bridgehead atoms. The van der Waals surface area contributed by atoms with E-state index in [1.54, 1.807) is 19.0 Å². The van der Waals surface area contributed by atoms with E-state index in [9.17, 15) is 14.4 Å². The first kappa shape index (κ1) is 25.5. The molecule has 0 aliphatic carbocycles. The maximum absolute atomic E-state index is 13.0. The van der Waals surface area contributed by atoms with Crippen LogP contribution in [-0.4, -0.2) is 67.1 Å². The third kappa shape index (κ3) is 7.43. The largest absolute Gasteiger partial charge is 0.483 e. The van der Waals surface area contributed by atoms with Crippen LogP contribution in [0.3, 0.4) is 0 Å². The van der Waals surface area contributed by atoms with Crippen molar-refractivity contribution in [2.75, 3.05) is 33.8 Å². The van der Waals surface area contributed by atoms with Crippen LogP contribution in [0.4, 0.5) is 4.79 Å². The second-order valence-corrected chi connectivity index (χ2v) is 9.33. The van der Waals surface area contributed by atoms with E-state index in [1.165, 1.54) is 4.90 Å². The van der Waals surface area contributed by atoms with Crippen LogP contribution >= 0.6 is 0 Å². The van der Waals surface area contributed by atoms with Crippen molar-refractivity contribution >= 4 is 17.9 Å². The standard InChI is InChI=1S/C24H37N3O5/c1-7-19(18-10-8-9-11-20(18)31-16-21(28)26(5)6)25-22(29)17-12-14-27(15-13-17)23(30)32-24(2,3)4/h8-11,17,19H,7,12-16H2,1-6H3,(H,25,29). The number of benzene rings is 1. The van der Waals surface area contributed by atoms with Crippen LogP contribution in [0.25, 0.3) is 0 Å². The van der Waals surface area contributed by atoms with Crippen molar-refractivity contribution in [3.8, 4) is 5.75 Å². The van der Waals surface area contributed by atoms with Gasteiger partial charge in [0.15, 0.2) is 6.61 Å². The zero-order chi connectivity index (χ0) is 23.9. The summed E-state index contributed by atoms with van der Waals surface area (Å²) in [4.78, 5) is 40.3. The molecular weight excluding hydrogens is 410 g/mol. The minimum Gasteiger partial charge on any atom is -0.483 e. The van der Waals surface area contributed by atoms with Crippen LogP contribution in [0.1, 0.15) is 58.6 Å². The molecule has 1 N–H and O–H groups in total. The Bertz CT molecular complexity index is 795. The molecule has 1 aliphatic heterocycles. The Morgan fingerprint density at radius 1 is 1.16 bits per heavy atom. The van der Waals surface area contributed by atoms with E-state index in [4.69, 9.17) is 9.47 Å². The van der Waals surface area contributed by atoms with Crippen molar-refractivity contribution in [2.24, 2.45) is 5.92 Å². The van der Waals surface area contributed by atoms with Gasteiger partial charge in [-0.15, -0.1) is 0 Å². The SMILES string of the molecule is CCC(NC(=O)C1CCN(C(=O)OC(C)(C)C)CC1)c1ccccc1OCC(=O)N(C)C. The van der Waals surface area contributed by atoms with Gasteiger partial charge in [-0.3, -0.25) is 9.59 Å². The Balaban J connectivity index is 1.97. The molecule has 1 fully saturated rings. The Labute approximate surface area is 191 Å². The number of amides is 3. The minimum absolute atomic E-state index is 0.0279. The highest BCUT2D eigenvalue weighted by molar-refractivity contribution is 5.80. The third-order valence-corrected chi connectivity index (χ3v) is 5.39. The maximum Gasteiger partial charge on any atom is 0.410 e. The van der Waals surface area contributed by atoms with Gasteiger partial charge >= 0.3 is 6.09 Å². The fraction of sp³-hybridized carbons (Fsp3) is 0.625. The van der Waals surface area contributed by atoms with Crippen molar-refractivity contribution in [2.45, 2.75) is 58.6 Å². The number of hydrogen-bond donors (Lipinski definition) is 1. The highest BCUT2D eigenvalue weighted by atomic mass is 16.6. The number of ether oxygens (including phenoxy) is 2. The van der Waals surface area contributed by atoms with E-state index in [1.807, 2.05) is 52.0 Å². The molecule has 32 heavy (non-hydrogen) atoms. The van der Waals surface area contributed by atoms with Crippen molar-refractivity contribution in [1.29, 1.82) is 0 Å². The molecule has 0 radical (unpaired) electrons. The number of para-hydroxylation sites is 1. The minimum atomic E-state index is -0.535. The summed E-state index contributed by atoms with van der Waals surface area (Å²) < 4.78 is 11.2. The van der Waals surface area contributed by atoms with Gasteiger partial charge in [0.2, 0.25) is 5.91 Å². The van der Waals surface area contributed by atoms with E-state index in [0.29, 0.717) is 38.1 Å². The molecular formula is C24H37N3O5. The highest BCUT2D eigenvalue weighted by Crippen LogP contribution is 2.28. The Hall–Kier alpha value is -2.77. The van der Waals surface area contributed by atoms with Crippen molar-refractivity contribution in [1.82, 2.24) is 15.1 Å². The Morgan fingerprint density at radius 2 is 1.78 bits per heavy atom. The van der Waals surface area contributed by atoms with Crippen molar-refractivity contribution < 1.29 is 23.9 Å². The predicted molar refractivity (Wildman–Crippen MR) is 122 cm³/mol. The summed E-state index contributed by atoms with van der Waals surface area (Å²) in [6.07, 6.45) is 1.54. The molecule has 0 spiro atoms. The zero-order valence-electron chi connectivity index (χ0n) is 20.1. The predicted octanol–water partition coefficient (Wildman–Crippen LogP) is 3.37. The Kier molecular flexibility index (Phi) is 8.92. The Morgan fingerprint density at radius 3 is 2.34 bits per heavy atom. The molecule has 1 heterocycles. The van der Waals surface area contributed by atoms with E-state index in [-0.39, 0.29) is 36.5 Å². The second kappa shape index (κ2) is 11.2. The van der Waals surface area contributed by atoms with Crippen LogP contribution in [0.15, 0.2) is 24.3 Å². The fourth-order valence-corrected chi connectivity index (χ4v) is 3.51. The molecule has 1 atom stereocenters. The van der Waals surface area contributed by atoms with E-state index in [0.717, 1.165) is 5.56 Å². The van der Waals surface area contributed by atoms with Crippen LogP contribution < -0.4 is 10.1 Å². The van der Waals surface area contributed by atoms with Gasteiger partial charge in [-0.2, -0.15) is 0 Å². The summed E-state index contributed by atoms with van der Waals surface area (Å²) in [5.41, 5.74) is 0.313. The smallest absolute Gasteiger partial charge is 0.410 e. The molecule has 0 aromatic heterocycles. The number of carbonyl (C=O) groups is 3. The summed E-state index contributed by atoms with van der Waals surface area (Å²) >= 11 is 0. The van der Waals surface area contributed by atoms with E-state index >= 15 is 0 Å². The summed E-state index contributed by atoms with van der Waals surface area (Å²) in [6, 6.07) is 7.24. The number of hydrogen-bond acceptors (Lipinski definition) is 5. The van der Waals surface area contributed by atoms with E-state index in [2.05, 4.69) is 5.32 Å². The van der Waals surface area contributed by atoms with Gasteiger partial charge in [-0.25, -0.2) is 4.79 Å². The van der Waals surface area contributed by atoms with Gasteiger partial charge in [0, 0.05) is 38.7 Å². The average molecular weight is 448 g/mol. The highest BCUT2D eigenvalue weighted by Gasteiger charge is 2.31. The number of rotatable bonds is 7. The summed E-state index contributed by atoms with van der Waals surface area (Å²) in [7, 11) is 3.36. The third-order valence-electron chi connectivity index (χ3n) is 5.39. The maximum atomic E-state index is 13.0. The molecule has 8 nitrogen and oxygen atoms in total. The number of piperidine rings is 1. The molecule has 1 aromatic rings. The monoisotopic (exact) mass is 447 g/mol. The number of nitrogens with one attached hydrogen (secondary N) is 1. The van der Waals surface area contributed by atoms with Gasteiger partial charge in [-0.1, -0.05) is 25.1 Å². The van der Waals surface area contributed by atoms with Crippen molar-refractivity contribution in [3.63, 3.8) is 0 Å². The normalized spacial score (nSPS) is 15.6. The van der Waals surface area contributed by atoms with Gasteiger partial charge in [0.1, 0.15) is 11.4 Å². The van der Waals surface area contributed by atoms with Gasteiger partial charge in [0.25, 0.3) is 5.91 Å². The lowest BCUT2D eigenvalue weighted by Gasteiger charge is -2.33. The molecule has 0 saturated carbocycles.